The highest BCUT2D eigenvalue weighted by Crippen LogP contribution is 2.25. The largest absolute Gasteiger partial charge is 0.507 e. The van der Waals surface area contributed by atoms with Crippen molar-refractivity contribution in [3.63, 3.8) is 0 Å². The van der Waals surface area contributed by atoms with Crippen LogP contribution < -0.4 is 0 Å². The lowest BCUT2D eigenvalue weighted by Crippen LogP contribution is -2.15. The maximum atomic E-state index is 12.5. The first kappa shape index (κ1) is 18.7. The molecule has 27 heavy (non-hydrogen) atoms. The van der Waals surface area contributed by atoms with Crippen LogP contribution in [0.3, 0.4) is 0 Å². The van der Waals surface area contributed by atoms with E-state index in [1.165, 1.54) is 6.07 Å². The molecule has 0 saturated heterocycles. The molecule has 0 radical (unpaired) electrons. The molecule has 0 aliphatic heterocycles. The molecule has 0 atom stereocenters. The number of Topliss-reactive ketones (excluding diaryl/α,β-unsaturated/α-hetero) is 1. The summed E-state index contributed by atoms with van der Waals surface area (Å²) in [6, 6.07) is 12.3. The number of aryl methyl sites for hydroxylation is 1. The van der Waals surface area contributed by atoms with Crippen LogP contribution in [0.15, 0.2) is 42.5 Å². The highest BCUT2D eigenvalue weighted by atomic mass is 16.5. The third-order valence-electron chi connectivity index (χ3n) is 4.74. The summed E-state index contributed by atoms with van der Waals surface area (Å²) in [6.07, 6.45) is 0.972. The summed E-state index contributed by atoms with van der Waals surface area (Å²) in [5.41, 5.74) is 2.51. The van der Waals surface area contributed by atoms with Gasteiger partial charge in [0.2, 0.25) is 5.78 Å². The molecule has 1 heterocycles. The van der Waals surface area contributed by atoms with Gasteiger partial charge in [-0.1, -0.05) is 31.2 Å². The number of ketones is 1. The van der Waals surface area contributed by atoms with Crippen molar-refractivity contribution >= 4 is 22.5 Å². The lowest BCUT2D eigenvalue weighted by molar-refractivity contribution is 0.0471. The molecule has 0 aliphatic carbocycles. The van der Waals surface area contributed by atoms with Gasteiger partial charge in [0.05, 0.1) is 0 Å². The molecule has 0 fully saturated rings. The Morgan fingerprint density at radius 3 is 2.37 bits per heavy atom. The monoisotopic (exact) mass is 365 g/mol. The number of aromatic hydroxyl groups is 1. The van der Waals surface area contributed by atoms with E-state index in [1.54, 1.807) is 6.07 Å². The van der Waals surface area contributed by atoms with Gasteiger partial charge in [-0.05, 0) is 49.2 Å². The molecule has 1 aromatic heterocycles. The predicted molar refractivity (Wildman–Crippen MR) is 104 cm³/mol. The van der Waals surface area contributed by atoms with E-state index in [0.29, 0.717) is 5.56 Å². The number of benzene rings is 2. The van der Waals surface area contributed by atoms with Crippen molar-refractivity contribution < 1.29 is 19.4 Å². The smallest absolute Gasteiger partial charge is 0.342 e. The molecule has 140 valence electrons. The van der Waals surface area contributed by atoms with Gasteiger partial charge in [0, 0.05) is 23.5 Å². The SMILES string of the molecule is CCCn1c(C)cc(C(=O)COC(=O)c2cc3ccccc3cc2O)c1C. The van der Waals surface area contributed by atoms with Crippen LogP contribution in [0.2, 0.25) is 0 Å². The number of fused-ring (bicyclic) bond motifs is 1. The molecule has 0 bridgehead atoms. The van der Waals surface area contributed by atoms with Gasteiger partial charge in [-0.15, -0.1) is 0 Å². The number of aromatic nitrogens is 1. The fourth-order valence-corrected chi connectivity index (χ4v) is 3.33. The second kappa shape index (κ2) is 7.66. The first-order valence-corrected chi connectivity index (χ1v) is 9.01. The second-order valence-electron chi connectivity index (χ2n) is 6.65. The van der Waals surface area contributed by atoms with Gasteiger partial charge >= 0.3 is 5.97 Å². The Morgan fingerprint density at radius 2 is 1.70 bits per heavy atom. The van der Waals surface area contributed by atoms with E-state index in [-0.39, 0.29) is 23.7 Å². The fourth-order valence-electron chi connectivity index (χ4n) is 3.33. The van der Waals surface area contributed by atoms with Crippen LogP contribution in [0.1, 0.15) is 45.4 Å². The van der Waals surface area contributed by atoms with E-state index < -0.39 is 5.97 Å². The Hall–Kier alpha value is -3.08. The van der Waals surface area contributed by atoms with Crippen molar-refractivity contribution in [2.24, 2.45) is 0 Å². The quantitative estimate of drug-likeness (QED) is 0.519. The summed E-state index contributed by atoms with van der Waals surface area (Å²) < 4.78 is 7.27. The van der Waals surface area contributed by atoms with Gasteiger partial charge in [-0.3, -0.25) is 4.79 Å². The Balaban J connectivity index is 1.75. The third kappa shape index (κ3) is 3.72. The zero-order valence-electron chi connectivity index (χ0n) is 15.8. The van der Waals surface area contributed by atoms with Gasteiger partial charge < -0.3 is 14.4 Å². The van der Waals surface area contributed by atoms with Crippen molar-refractivity contribution in [2.45, 2.75) is 33.7 Å². The number of rotatable bonds is 6. The van der Waals surface area contributed by atoms with Crippen LogP contribution in [-0.4, -0.2) is 28.0 Å². The maximum Gasteiger partial charge on any atom is 0.342 e. The molecule has 3 rings (SSSR count). The molecular formula is C22H23NO4. The first-order chi connectivity index (χ1) is 12.9. The van der Waals surface area contributed by atoms with Crippen molar-refractivity contribution in [3.05, 3.63) is 65.0 Å². The zero-order valence-corrected chi connectivity index (χ0v) is 15.8. The minimum Gasteiger partial charge on any atom is -0.507 e. The number of hydrogen-bond donors (Lipinski definition) is 1. The molecule has 0 amide bonds. The number of carbonyl (C=O) groups excluding carboxylic acids is 2. The Kier molecular flexibility index (Phi) is 5.31. The number of esters is 1. The Morgan fingerprint density at radius 1 is 1.04 bits per heavy atom. The van der Waals surface area contributed by atoms with E-state index >= 15 is 0 Å². The van der Waals surface area contributed by atoms with Crippen molar-refractivity contribution in [1.29, 1.82) is 0 Å². The summed E-state index contributed by atoms with van der Waals surface area (Å²) in [4.78, 5) is 24.9. The van der Waals surface area contributed by atoms with Gasteiger partial charge in [-0.2, -0.15) is 0 Å². The van der Waals surface area contributed by atoms with Gasteiger partial charge in [0.15, 0.2) is 6.61 Å². The highest BCUT2D eigenvalue weighted by molar-refractivity contribution is 6.02. The molecule has 1 N–H and O–H groups in total. The number of ether oxygens (including phenoxy) is 1. The van der Waals surface area contributed by atoms with E-state index in [4.69, 9.17) is 4.74 Å². The fraction of sp³-hybridized carbons (Fsp3) is 0.273. The minimum atomic E-state index is -0.714. The number of phenols is 1. The molecule has 5 nitrogen and oxygen atoms in total. The van der Waals surface area contributed by atoms with E-state index in [9.17, 15) is 14.7 Å². The minimum absolute atomic E-state index is 0.0537. The van der Waals surface area contributed by atoms with Crippen molar-refractivity contribution in [3.8, 4) is 5.75 Å². The van der Waals surface area contributed by atoms with Crippen LogP contribution in [0.25, 0.3) is 10.8 Å². The maximum absolute atomic E-state index is 12.5. The molecule has 0 spiro atoms. The van der Waals surface area contributed by atoms with Crippen LogP contribution in [0, 0.1) is 13.8 Å². The van der Waals surface area contributed by atoms with Crippen LogP contribution >= 0.6 is 0 Å². The second-order valence-corrected chi connectivity index (χ2v) is 6.65. The summed E-state index contributed by atoms with van der Waals surface area (Å²) in [6.45, 7) is 6.42. The highest BCUT2D eigenvalue weighted by Gasteiger charge is 2.19. The topological polar surface area (TPSA) is 68.5 Å². The summed E-state index contributed by atoms with van der Waals surface area (Å²) in [5.74, 6) is -1.12. The average molecular weight is 365 g/mol. The first-order valence-electron chi connectivity index (χ1n) is 9.01. The predicted octanol–water partition coefficient (Wildman–Crippen LogP) is 4.41. The van der Waals surface area contributed by atoms with Crippen LogP contribution in [0.4, 0.5) is 0 Å². The number of hydrogen-bond acceptors (Lipinski definition) is 4. The van der Waals surface area contributed by atoms with Crippen LogP contribution in [-0.2, 0) is 11.3 Å². The van der Waals surface area contributed by atoms with Gasteiger partial charge in [0.25, 0.3) is 0 Å². The third-order valence-corrected chi connectivity index (χ3v) is 4.74. The molecule has 2 aromatic carbocycles. The average Bonchev–Trinajstić information content (AvgIpc) is 2.94. The molecule has 0 saturated carbocycles. The van der Waals surface area contributed by atoms with Gasteiger partial charge in [0.1, 0.15) is 11.3 Å². The summed E-state index contributed by atoms with van der Waals surface area (Å²) in [7, 11) is 0. The number of nitrogens with zero attached hydrogens (tertiary/aromatic N) is 1. The standard InChI is InChI=1S/C22H23NO4/c1-4-9-23-14(2)10-18(15(23)3)21(25)13-27-22(26)19-11-16-7-5-6-8-17(16)12-20(19)24/h5-8,10-12,24H,4,9,13H2,1-3H3. The molecule has 5 heteroatoms. The van der Waals surface area contributed by atoms with Crippen molar-refractivity contribution in [1.82, 2.24) is 4.57 Å². The van der Waals surface area contributed by atoms with Crippen LogP contribution in [0.5, 0.6) is 5.75 Å². The Labute approximate surface area is 158 Å². The normalized spacial score (nSPS) is 10.9. The zero-order chi connectivity index (χ0) is 19.6. The molecular weight excluding hydrogens is 342 g/mol. The number of phenolic OH excluding ortho intramolecular Hbond substituents is 1. The molecule has 3 aromatic rings. The molecule has 0 aliphatic rings. The summed E-state index contributed by atoms with van der Waals surface area (Å²) >= 11 is 0. The lowest BCUT2D eigenvalue weighted by atomic mass is 10.1. The van der Waals surface area contributed by atoms with Crippen molar-refractivity contribution in [2.75, 3.05) is 6.61 Å². The Bertz CT molecular complexity index is 1020. The summed E-state index contributed by atoms with van der Waals surface area (Å²) in [5, 5.41) is 11.8. The van der Waals surface area contributed by atoms with E-state index in [1.807, 2.05) is 44.2 Å². The molecule has 0 unspecified atom stereocenters. The van der Waals surface area contributed by atoms with Gasteiger partial charge in [-0.25, -0.2) is 4.79 Å². The lowest BCUT2D eigenvalue weighted by Gasteiger charge is -2.09. The van der Waals surface area contributed by atoms with E-state index in [0.717, 1.165) is 35.1 Å². The number of carbonyl (C=O) groups is 2. The van der Waals surface area contributed by atoms with E-state index in [2.05, 4.69) is 11.5 Å².